The van der Waals surface area contributed by atoms with E-state index in [1.165, 1.54) is 0 Å². The van der Waals surface area contributed by atoms with Gasteiger partial charge in [0.25, 0.3) is 5.95 Å². The Balaban J connectivity index is 1.58. The molecule has 25 heavy (non-hydrogen) atoms. The van der Waals surface area contributed by atoms with Gasteiger partial charge >= 0.3 is 0 Å². The smallest absolute Gasteiger partial charge is 0.280 e. The standard InChI is InChI=1S/C12H18ClN11O/c1-2-3-15-10-16-9(13)17-11(18-10)21-24-12-22-19-8(20-23-12)7-6-14-4-5-25-7/h7,14H,2-6H2,1H3,(H,22,23,24)(H2,15,16,17,18,21). The zero-order valence-corrected chi connectivity index (χ0v) is 14.3. The molecular formula is C12H18ClN11O. The number of nitrogens with zero attached hydrogens (tertiary/aromatic N) is 7. The highest BCUT2D eigenvalue weighted by atomic mass is 35.5. The number of rotatable bonds is 7. The third-order valence-electron chi connectivity index (χ3n) is 3.14. The topological polar surface area (TPSA) is 148 Å². The molecule has 0 amide bonds. The van der Waals surface area contributed by atoms with E-state index >= 15 is 0 Å². The maximum absolute atomic E-state index is 5.87. The first-order valence-corrected chi connectivity index (χ1v) is 8.19. The third kappa shape index (κ3) is 5.01. The van der Waals surface area contributed by atoms with Gasteiger partial charge in [-0.05, 0) is 18.0 Å². The second-order valence-corrected chi connectivity index (χ2v) is 5.41. The maximum Gasteiger partial charge on any atom is 0.280 e. The van der Waals surface area contributed by atoms with E-state index in [-0.39, 0.29) is 23.3 Å². The van der Waals surface area contributed by atoms with Crippen LogP contribution in [0.1, 0.15) is 25.3 Å². The van der Waals surface area contributed by atoms with E-state index in [1.807, 2.05) is 6.92 Å². The second kappa shape index (κ2) is 8.60. The predicted molar refractivity (Wildman–Crippen MR) is 90.0 cm³/mol. The summed E-state index contributed by atoms with van der Waals surface area (Å²) in [6, 6.07) is 0. The Bertz CT molecular complexity index is 679. The first kappa shape index (κ1) is 17.4. The molecule has 1 aliphatic heterocycles. The monoisotopic (exact) mass is 367 g/mol. The molecule has 3 rings (SSSR count). The molecule has 0 saturated carbocycles. The molecule has 0 aromatic carbocycles. The minimum atomic E-state index is -0.245. The molecule has 3 heterocycles. The Labute approximate surface area is 148 Å². The number of hydrazine groups is 1. The molecule has 0 bridgehead atoms. The van der Waals surface area contributed by atoms with Crippen LogP contribution in [0, 0.1) is 0 Å². The number of hydrogen-bond acceptors (Lipinski definition) is 12. The second-order valence-electron chi connectivity index (χ2n) is 5.07. The highest BCUT2D eigenvalue weighted by Crippen LogP contribution is 2.13. The summed E-state index contributed by atoms with van der Waals surface area (Å²) in [7, 11) is 0. The average molecular weight is 368 g/mol. The van der Waals surface area contributed by atoms with Gasteiger partial charge in [-0.2, -0.15) is 15.0 Å². The van der Waals surface area contributed by atoms with Gasteiger partial charge in [0.15, 0.2) is 0 Å². The van der Waals surface area contributed by atoms with Crippen molar-refractivity contribution in [3.8, 4) is 0 Å². The molecule has 0 aliphatic carbocycles. The van der Waals surface area contributed by atoms with Gasteiger partial charge in [0.2, 0.25) is 23.0 Å². The Kier molecular flexibility index (Phi) is 5.98. The van der Waals surface area contributed by atoms with Crippen LogP contribution in [0.15, 0.2) is 0 Å². The number of hydrogen-bond donors (Lipinski definition) is 4. The summed E-state index contributed by atoms with van der Waals surface area (Å²) in [5, 5.41) is 22.2. The lowest BCUT2D eigenvalue weighted by Crippen LogP contribution is -2.34. The lowest BCUT2D eigenvalue weighted by Gasteiger charge is -2.21. The zero-order chi connectivity index (χ0) is 17.5. The molecule has 1 saturated heterocycles. The highest BCUT2D eigenvalue weighted by molar-refractivity contribution is 6.28. The fourth-order valence-corrected chi connectivity index (χ4v) is 2.14. The van der Waals surface area contributed by atoms with E-state index in [2.05, 4.69) is 56.8 Å². The first-order valence-electron chi connectivity index (χ1n) is 7.81. The summed E-state index contributed by atoms with van der Waals surface area (Å²) in [6.45, 7) is 4.80. The molecule has 1 atom stereocenters. The van der Waals surface area contributed by atoms with E-state index in [9.17, 15) is 0 Å². The van der Waals surface area contributed by atoms with Gasteiger partial charge in [-0.25, -0.2) is 0 Å². The van der Waals surface area contributed by atoms with Crippen LogP contribution in [0.4, 0.5) is 17.8 Å². The zero-order valence-electron chi connectivity index (χ0n) is 13.5. The van der Waals surface area contributed by atoms with Crippen LogP contribution < -0.4 is 21.5 Å². The lowest BCUT2D eigenvalue weighted by atomic mass is 10.3. The van der Waals surface area contributed by atoms with Crippen molar-refractivity contribution in [2.24, 2.45) is 0 Å². The van der Waals surface area contributed by atoms with Gasteiger partial charge in [0, 0.05) is 19.6 Å². The summed E-state index contributed by atoms with van der Waals surface area (Å²) in [6.07, 6.45) is 0.688. The number of ether oxygens (including phenoxy) is 1. The van der Waals surface area contributed by atoms with Crippen LogP contribution in [0.2, 0.25) is 5.28 Å². The molecule has 13 heteroatoms. The van der Waals surface area contributed by atoms with E-state index in [1.54, 1.807) is 0 Å². The predicted octanol–water partition coefficient (Wildman–Crippen LogP) is 0.0268. The molecule has 134 valence electrons. The van der Waals surface area contributed by atoms with Crippen LogP contribution in [0.3, 0.4) is 0 Å². The highest BCUT2D eigenvalue weighted by Gasteiger charge is 2.19. The maximum atomic E-state index is 5.87. The molecule has 2 aromatic rings. The number of morpholine rings is 1. The van der Waals surface area contributed by atoms with Crippen molar-refractivity contribution in [1.82, 2.24) is 40.7 Å². The molecule has 1 fully saturated rings. The Morgan fingerprint density at radius 2 is 1.84 bits per heavy atom. The number of anilines is 3. The number of halogens is 1. The molecule has 0 spiro atoms. The minimum absolute atomic E-state index is 0.0624. The first-order chi connectivity index (χ1) is 12.2. The van der Waals surface area contributed by atoms with Crippen molar-refractivity contribution in [3.63, 3.8) is 0 Å². The third-order valence-corrected chi connectivity index (χ3v) is 3.31. The fraction of sp³-hybridized carbons (Fsp3) is 0.583. The summed E-state index contributed by atoms with van der Waals surface area (Å²) in [4.78, 5) is 12.1. The lowest BCUT2D eigenvalue weighted by molar-refractivity contribution is 0.0208. The van der Waals surface area contributed by atoms with Gasteiger partial charge in [0.05, 0.1) is 6.61 Å². The summed E-state index contributed by atoms with van der Waals surface area (Å²) >= 11 is 5.87. The Hall–Kier alpha value is -2.44. The number of nitrogens with one attached hydrogen (secondary N) is 4. The fourth-order valence-electron chi connectivity index (χ4n) is 1.98. The molecule has 1 aliphatic rings. The van der Waals surface area contributed by atoms with Crippen molar-refractivity contribution in [1.29, 1.82) is 0 Å². The molecule has 0 radical (unpaired) electrons. The van der Waals surface area contributed by atoms with E-state index in [0.29, 0.717) is 24.9 Å². The molecule has 4 N–H and O–H groups in total. The minimum Gasteiger partial charge on any atom is -0.367 e. The Morgan fingerprint density at radius 3 is 2.56 bits per heavy atom. The number of aromatic nitrogens is 7. The Morgan fingerprint density at radius 1 is 1.08 bits per heavy atom. The van der Waals surface area contributed by atoms with Gasteiger partial charge in [0.1, 0.15) is 6.10 Å². The average Bonchev–Trinajstić information content (AvgIpc) is 2.65. The van der Waals surface area contributed by atoms with Gasteiger partial charge in [-0.1, -0.05) is 6.92 Å². The SMILES string of the molecule is CCCNc1nc(Cl)nc(NNc2nnc(C3CNCCO3)nn2)n1. The van der Waals surface area contributed by atoms with Crippen molar-refractivity contribution >= 4 is 29.4 Å². The van der Waals surface area contributed by atoms with E-state index in [4.69, 9.17) is 16.3 Å². The molecule has 1 unspecified atom stereocenters. The quantitative estimate of drug-likeness (QED) is 0.489. The summed E-state index contributed by atoms with van der Waals surface area (Å²) < 4.78 is 5.54. The van der Waals surface area contributed by atoms with Crippen LogP contribution in [-0.4, -0.2) is 61.6 Å². The van der Waals surface area contributed by atoms with Gasteiger partial charge < -0.3 is 15.4 Å². The van der Waals surface area contributed by atoms with Gasteiger partial charge in [-0.3, -0.25) is 10.9 Å². The van der Waals surface area contributed by atoms with Crippen molar-refractivity contribution in [2.75, 3.05) is 42.4 Å². The summed E-state index contributed by atoms with van der Waals surface area (Å²) in [5.41, 5.74) is 5.44. The van der Waals surface area contributed by atoms with Crippen LogP contribution in [0.25, 0.3) is 0 Å². The van der Waals surface area contributed by atoms with Crippen LogP contribution in [-0.2, 0) is 4.74 Å². The summed E-state index contributed by atoms with van der Waals surface area (Å²) in [5.74, 6) is 1.17. The van der Waals surface area contributed by atoms with Crippen molar-refractivity contribution in [3.05, 3.63) is 11.1 Å². The molecule has 2 aromatic heterocycles. The largest absolute Gasteiger partial charge is 0.367 e. The van der Waals surface area contributed by atoms with Gasteiger partial charge in [-0.15, -0.1) is 20.4 Å². The normalized spacial score (nSPS) is 17.1. The molecule has 12 nitrogen and oxygen atoms in total. The molecular weight excluding hydrogens is 350 g/mol. The van der Waals surface area contributed by atoms with E-state index in [0.717, 1.165) is 19.5 Å². The van der Waals surface area contributed by atoms with Crippen LogP contribution >= 0.6 is 11.6 Å². The van der Waals surface area contributed by atoms with Crippen molar-refractivity contribution < 1.29 is 4.74 Å². The van der Waals surface area contributed by atoms with E-state index < -0.39 is 0 Å². The van der Waals surface area contributed by atoms with Crippen molar-refractivity contribution in [2.45, 2.75) is 19.4 Å². The van der Waals surface area contributed by atoms with Crippen LogP contribution in [0.5, 0.6) is 0 Å².